The zero-order valence-corrected chi connectivity index (χ0v) is 18.9. The van der Waals surface area contributed by atoms with Crippen molar-refractivity contribution < 1.29 is 14.4 Å². The minimum absolute atomic E-state index is 0.0528. The van der Waals surface area contributed by atoms with E-state index in [-0.39, 0.29) is 23.1 Å². The fourth-order valence-corrected chi connectivity index (χ4v) is 4.00. The molecule has 1 fully saturated rings. The summed E-state index contributed by atoms with van der Waals surface area (Å²) < 4.78 is 0. The third-order valence-electron chi connectivity index (χ3n) is 5.04. The van der Waals surface area contributed by atoms with Gasteiger partial charge in [-0.15, -0.1) is 0 Å². The van der Waals surface area contributed by atoms with Crippen LogP contribution in [0, 0.1) is 12.8 Å². The molecule has 0 radical (unpaired) electrons. The second-order valence-corrected chi connectivity index (χ2v) is 8.89. The van der Waals surface area contributed by atoms with Crippen LogP contribution >= 0.6 is 11.8 Å². The van der Waals surface area contributed by atoms with Crippen LogP contribution in [0.4, 0.5) is 21.0 Å². The molecule has 2 aromatic rings. The number of anilines is 2. The van der Waals surface area contributed by atoms with E-state index >= 15 is 0 Å². The number of nitrogens with zero attached hydrogens (tertiary/aromatic N) is 2. The van der Waals surface area contributed by atoms with Gasteiger partial charge in [0.15, 0.2) is 0 Å². The molecule has 1 heterocycles. The van der Waals surface area contributed by atoms with Crippen molar-refractivity contribution in [3.8, 4) is 0 Å². The van der Waals surface area contributed by atoms with Crippen molar-refractivity contribution in [3.63, 3.8) is 0 Å². The number of aryl methyl sites for hydroxylation is 1. The zero-order valence-electron chi connectivity index (χ0n) is 18.1. The third-order valence-corrected chi connectivity index (χ3v) is 6.09. The van der Waals surface area contributed by atoms with Crippen LogP contribution < -0.4 is 10.6 Å². The Morgan fingerprint density at radius 3 is 2.45 bits per heavy atom. The lowest BCUT2D eigenvalue weighted by molar-refractivity contribution is -0.121. The Morgan fingerprint density at radius 2 is 1.77 bits per heavy atom. The molecule has 1 aliphatic rings. The molecule has 2 N–H and O–H groups in total. The summed E-state index contributed by atoms with van der Waals surface area (Å²) in [5.74, 6) is -0.362. The summed E-state index contributed by atoms with van der Waals surface area (Å²) in [6.45, 7) is 2.99. The number of hydrogen-bond donors (Lipinski definition) is 2. The van der Waals surface area contributed by atoms with Crippen LogP contribution in [0.3, 0.4) is 0 Å². The molecule has 0 bridgehead atoms. The second kappa shape index (κ2) is 10.3. The largest absolute Gasteiger partial charge is 0.339 e. The van der Waals surface area contributed by atoms with Gasteiger partial charge in [0.05, 0.1) is 5.92 Å². The van der Waals surface area contributed by atoms with Crippen LogP contribution in [0.1, 0.15) is 18.4 Å². The van der Waals surface area contributed by atoms with Crippen molar-refractivity contribution in [1.82, 2.24) is 9.80 Å². The number of benzene rings is 2. The maximum absolute atomic E-state index is 12.8. The number of carbonyl (C=O) groups is 3. The molecular formula is C23H28N4O3S. The van der Waals surface area contributed by atoms with Crippen LogP contribution in [0.5, 0.6) is 0 Å². The third kappa shape index (κ3) is 6.49. The quantitative estimate of drug-likeness (QED) is 0.678. The maximum atomic E-state index is 12.8. The Bertz CT molecular complexity index is 946. The highest BCUT2D eigenvalue weighted by Crippen LogP contribution is 2.24. The van der Waals surface area contributed by atoms with Crippen LogP contribution in [-0.2, 0) is 4.79 Å². The molecule has 1 atom stereocenters. The lowest BCUT2D eigenvalue weighted by Gasteiger charge is -2.32. The van der Waals surface area contributed by atoms with E-state index in [0.717, 1.165) is 40.7 Å². The molecule has 8 heteroatoms. The van der Waals surface area contributed by atoms with E-state index in [9.17, 15) is 14.4 Å². The molecule has 0 spiro atoms. The van der Waals surface area contributed by atoms with E-state index in [0.29, 0.717) is 18.8 Å². The number of amides is 4. The Balaban J connectivity index is 1.54. The lowest BCUT2D eigenvalue weighted by Crippen LogP contribution is -2.45. The molecule has 2 aromatic carbocycles. The number of piperidine rings is 1. The molecule has 0 saturated carbocycles. The van der Waals surface area contributed by atoms with E-state index in [1.165, 1.54) is 4.90 Å². The molecule has 4 amide bonds. The monoisotopic (exact) mass is 440 g/mol. The summed E-state index contributed by atoms with van der Waals surface area (Å²) in [6.07, 6.45) is 1.52. The predicted octanol–water partition coefficient (Wildman–Crippen LogP) is 4.65. The summed E-state index contributed by atoms with van der Waals surface area (Å²) >= 11 is 1.14. The highest BCUT2D eigenvalue weighted by atomic mass is 32.2. The first-order chi connectivity index (χ1) is 14.8. The smallest absolute Gasteiger partial charge is 0.321 e. The zero-order chi connectivity index (χ0) is 22.4. The minimum atomic E-state index is -0.263. The van der Waals surface area contributed by atoms with Gasteiger partial charge in [0, 0.05) is 43.5 Å². The number of nitrogens with one attached hydrogen (secondary N) is 2. The molecule has 0 aromatic heterocycles. The minimum Gasteiger partial charge on any atom is -0.339 e. The van der Waals surface area contributed by atoms with Crippen molar-refractivity contribution in [1.29, 1.82) is 0 Å². The Kier molecular flexibility index (Phi) is 7.57. The van der Waals surface area contributed by atoms with E-state index in [1.54, 1.807) is 31.1 Å². The standard InChI is InChI=1S/C23H28N4O3S/c1-16-6-4-8-19(14-16)25-22(29)27-13-5-7-17(15-27)21(28)24-18-9-11-20(12-10-18)31-23(30)26(2)3/h4,6,8-12,14,17H,5,7,13,15H2,1-3H3,(H,24,28)(H,25,29). The summed E-state index contributed by atoms with van der Waals surface area (Å²) in [5, 5.41) is 5.79. The molecule has 31 heavy (non-hydrogen) atoms. The normalized spacial score (nSPS) is 15.8. The first kappa shape index (κ1) is 22.7. The number of urea groups is 1. The van der Waals surface area contributed by atoms with Gasteiger partial charge in [-0.3, -0.25) is 9.59 Å². The van der Waals surface area contributed by atoms with Crippen LogP contribution in [0.2, 0.25) is 0 Å². The van der Waals surface area contributed by atoms with Gasteiger partial charge in [-0.25, -0.2) is 4.79 Å². The molecule has 164 valence electrons. The van der Waals surface area contributed by atoms with E-state index in [4.69, 9.17) is 0 Å². The average Bonchev–Trinajstić information content (AvgIpc) is 2.75. The highest BCUT2D eigenvalue weighted by Gasteiger charge is 2.28. The number of likely N-dealkylation sites (tertiary alicyclic amines) is 1. The number of rotatable bonds is 4. The van der Waals surface area contributed by atoms with Gasteiger partial charge in [-0.2, -0.15) is 0 Å². The second-order valence-electron chi connectivity index (χ2n) is 7.86. The molecule has 3 rings (SSSR count). The Labute approximate surface area is 187 Å². The van der Waals surface area contributed by atoms with Gasteiger partial charge in [0.25, 0.3) is 5.24 Å². The van der Waals surface area contributed by atoms with Crippen molar-refractivity contribution in [2.24, 2.45) is 5.92 Å². The van der Waals surface area contributed by atoms with Gasteiger partial charge in [-0.05, 0) is 73.5 Å². The van der Waals surface area contributed by atoms with Crippen molar-refractivity contribution in [2.75, 3.05) is 37.8 Å². The molecule has 0 aliphatic carbocycles. The van der Waals surface area contributed by atoms with Crippen molar-refractivity contribution >= 4 is 40.3 Å². The van der Waals surface area contributed by atoms with Gasteiger partial charge in [0.2, 0.25) is 5.91 Å². The predicted molar refractivity (Wildman–Crippen MR) is 125 cm³/mol. The Morgan fingerprint density at radius 1 is 1.03 bits per heavy atom. The topological polar surface area (TPSA) is 81.8 Å². The van der Waals surface area contributed by atoms with Crippen LogP contribution in [-0.4, -0.2) is 54.2 Å². The highest BCUT2D eigenvalue weighted by molar-refractivity contribution is 8.13. The fraction of sp³-hybridized carbons (Fsp3) is 0.348. The number of carbonyl (C=O) groups excluding carboxylic acids is 3. The Hall–Kier alpha value is -3.00. The number of thioether (sulfide) groups is 1. The van der Waals surface area contributed by atoms with Gasteiger partial charge in [0.1, 0.15) is 0 Å². The van der Waals surface area contributed by atoms with Crippen molar-refractivity contribution in [2.45, 2.75) is 24.7 Å². The number of hydrogen-bond acceptors (Lipinski definition) is 4. The van der Waals surface area contributed by atoms with Gasteiger partial charge >= 0.3 is 6.03 Å². The summed E-state index contributed by atoms with van der Waals surface area (Å²) in [6, 6.07) is 14.7. The van der Waals surface area contributed by atoms with Gasteiger partial charge in [-0.1, -0.05) is 12.1 Å². The van der Waals surface area contributed by atoms with Crippen molar-refractivity contribution in [3.05, 3.63) is 54.1 Å². The molecule has 7 nitrogen and oxygen atoms in total. The summed E-state index contributed by atoms with van der Waals surface area (Å²) in [5.41, 5.74) is 2.50. The summed E-state index contributed by atoms with van der Waals surface area (Å²) in [4.78, 5) is 41.2. The molecule has 1 unspecified atom stereocenters. The van der Waals surface area contributed by atoms with Gasteiger partial charge < -0.3 is 20.4 Å². The van der Waals surface area contributed by atoms with E-state index < -0.39 is 0 Å². The first-order valence-electron chi connectivity index (χ1n) is 10.2. The van der Waals surface area contributed by atoms with Crippen LogP contribution in [0.15, 0.2) is 53.4 Å². The summed E-state index contributed by atoms with van der Waals surface area (Å²) in [7, 11) is 3.41. The lowest BCUT2D eigenvalue weighted by atomic mass is 9.97. The SMILES string of the molecule is Cc1cccc(NC(=O)N2CCCC(C(=O)Nc3ccc(SC(=O)N(C)C)cc3)C2)c1. The van der Waals surface area contributed by atoms with E-state index in [2.05, 4.69) is 10.6 Å². The average molecular weight is 441 g/mol. The fourth-order valence-electron chi connectivity index (χ4n) is 3.34. The van der Waals surface area contributed by atoms with E-state index in [1.807, 2.05) is 43.3 Å². The first-order valence-corrected chi connectivity index (χ1v) is 11.1. The maximum Gasteiger partial charge on any atom is 0.321 e. The van der Waals surface area contributed by atoms with Crippen LogP contribution in [0.25, 0.3) is 0 Å². The molecule has 1 aliphatic heterocycles. The molecular weight excluding hydrogens is 412 g/mol. The molecule has 1 saturated heterocycles.